The summed E-state index contributed by atoms with van der Waals surface area (Å²) in [5.74, 6) is -0.310. The number of amides is 1. The summed E-state index contributed by atoms with van der Waals surface area (Å²) >= 11 is 6.19. The molecule has 0 saturated carbocycles. The molecule has 0 spiro atoms. The van der Waals surface area contributed by atoms with Gasteiger partial charge in [0.1, 0.15) is 4.90 Å². The summed E-state index contributed by atoms with van der Waals surface area (Å²) in [6.07, 6.45) is 0. The van der Waals surface area contributed by atoms with E-state index in [-0.39, 0.29) is 35.5 Å². The largest absolute Gasteiger partial charge is 0.379 e. The fourth-order valence-corrected chi connectivity index (χ4v) is 5.50. The predicted octanol–water partition coefficient (Wildman–Crippen LogP) is 4.08. The van der Waals surface area contributed by atoms with E-state index < -0.39 is 10.0 Å². The first-order valence-electron chi connectivity index (χ1n) is 10.5. The number of para-hydroxylation sites is 1. The summed E-state index contributed by atoms with van der Waals surface area (Å²) in [4.78, 5) is 12.6. The van der Waals surface area contributed by atoms with E-state index in [1.807, 2.05) is 54.6 Å². The molecule has 9 heteroatoms. The summed E-state index contributed by atoms with van der Waals surface area (Å²) in [5, 5.41) is 6.01. The predicted molar refractivity (Wildman–Crippen MR) is 130 cm³/mol. The second-order valence-electron chi connectivity index (χ2n) is 7.47. The molecule has 4 rings (SSSR count). The minimum atomic E-state index is -3.79. The third kappa shape index (κ3) is 5.54. The Bertz CT molecular complexity index is 1230. The standard InChI is InChI=1S/C24H24ClN3O4S/c25-21-11-10-19(16-23(21)33(30,31)28-12-14-32-15-13-28)27-24(29)17-26-22-9-5-4-8-20(22)18-6-2-1-3-7-18/h1-11,16,26H,12-15,17H2,(H,27,29). The molecule has 0 aromatic heterocycles. The van der Waals surface area contributed by atoms with E-state index in [0.29, 0.717) is 18.9 Å². The van der Waals surface area contributed by atoms with Crippen LogP contribution in [0, 0.1) is 0 Å². The molecule has 1 saturated heterocycles. The Hall–Kier alpha value is -2.91. The van der Waals surface area contributed by atoms with Gasteiger partial charge in [0.2, 0.25) is 15.9 Å². The maximum atomic E-state index is 13.0. The molecule has 1 heterocycles. The van der Waals surface area contributed by atoms with Crippen LogP contribution in [0.5, 0.6) is 0 Å². The molecule has 0 bridgehead atoms. The van der Waals surface area contributed by atoms with Crippen molar-refractivity contribution in [3.8, 4) is 11.1 Å². The van der Waals surface area contributed by atoms with Gasteiger partial charge in [0, 0.05) is 30.0 Å². The number of hydrogen-bond donors (Lipinski definition) is 2. The third-order valence-electron chi connectivity index (χ3n) is 5.25. The lowest BCUT2D eigenvalue weighted by molar-refractivity contribution is -0.114. The van der Waals surface area contributed by atoms with Crippen LogP contribution in [-0.4, -0.2) is 51.5 Å². The van der Waals surface area contributed by atoms with Gasteiger partial charge in [-0.1, -0.05) is 60.1 Å². The first-order valence-corrected chi connectivity index (χ1v) is 12.3. The van der Waals surface area contributed by atoms with Gasteiger partial charge >= 0.3 is 0 Å². The lowest BCUT2D eigenvalue weighted by atomic mass is 10.0. The summed E-state index contributed by atoms with van der Waals surface area (Å²) in [7, 11) is -3.79. The molecule has 1 aliphatic heterocycles. The Balaban J connectivity index is 1.45. The third-order valence-corrected chi connectivity index (χ3v) is 7.63. The molecule has 172 valence electrons. The Morgan fingerprint density at radius 3 is 2.42 bits per heavy atom. The highest BCUT2D eigenvalue weighted by Gasteiger charge is 2.28. The molecular weight excluding hydrogens is 462 g/mol. The van der Waals surface area contributed by atoms with E-state index >= 15 is 0 Å². The van der Waals surface area contributed by atoms with Crippen LogP contribution in [0.2, 0.25) is 5.02 Å². The highest BCUT2D eigenvalue weighted by molar-refractivity contribution is 7.89. The van der Waals surface area contributed by atoms with Gasteiger partial charge < -0.3 is 15.4 Å². The van der Waals surface area contributed by atoms with E-state index in [2.05, 4.69) is 10.6 Å². The Labute approximate surface area is 198 Å². The van der Waals surface area contributed by atoms with Crippen LogP contribution in [0.1, 0.15) is 0 Å². The number of ether oxygens (including phenoxy) is 1. The molecule has 1 fully saturated rings. The van der Waals surface area contributed by atoms with Crippen molar-refractivity contribution in [3.63, 3.8) is 0 Å². The van der Waals surface area contributed by atoms with Crippen molar-refractivity contribution in [2.75, 3.05) is 43.5 Å². The molecule has 3 aromatic carbocycles. The fourth-order valence-electron chi connectivity index (χ4n) is 3.59. The van der Waals surface area contributed by atoms with Crippen LogP contribution in [0.15, 0.2) is 77.7 Å². The number of rotatable bonds is 7. The van der Waals surface area contributed by atoms with Gasteiger partial charge in [-0.2, -0.15) is 4.31 Å². The number of morpholine rings is 1. The molecule has 0 aliphatic carbocycles. The van der Waals surface area contributed by atoms with E-state index in [1.165, 1.54) is 16.4 Å². The first kappa shape index (κ1) is 23.3. The number of carbonyl (C=O) groups excluding carboxylic acids is 1. The maximum Gasteiger partial charge on any atom is 0.244 e. The molecule has 0 atom stereocenters. The van der Waals surface area contributed by atoms with E-state index in [0.717, 1.165) is 16.8 Å². The molecule has 7 nitrogen and oxygen atoms in total. The van der Waals surface area contributed by atoms with Crippen molar-refractivity contribution in [2.45, 2.75) is 4.90 Å². The SMILES string of the molecule is O=C(CNc1ccccc1-c1ccccc1)Nc1ccc(Cl)c(S(=O)(=O)N2CCOCC2)c1. The lowest BCUT2D eigenvalue weighted by Crippen LogP contribution is -2.40. The first-order chi connectivity index (χ1) is 15.9. The van der Waals surface area contributed by atoms with Gasteiger partial charge in [0.05, 0.1) is 24.8 Å². The van der Waals surface area contributed by atoms with Gasteiger partial charge in [-0.3, -0.25) is 4.79 Å². The molecule has 1 aliphatic rings. The molecule has 1 amide bonds. The van der Waals surface area contributed by atoms with Crippen LogP contribution in [0.25, 0.3) is 11.1 Å². The zero-order valence-electron chi connectivity index (χ0n) is 17.8. The summed E-state index contributed by atoms with van der Waals surface area (Å²) in [5.41, 5.74) is 3.20. The van der Waals surface area contributed by atoms with Gasteiger partial charge in [-0.15, -0.1) is 0 Å². The average Bonchev–Trinajstić information content (AvgIpc) is 2.85. The summed E-state index contributed by atoms with van der Waals surface area (Å²) in [6, 6.07) is 22.1. The van der Waals surface area contributed by atoms with E-state index in [1.54, 1.807) is 6.07 Å². The van der Waals surface area contributed by atoms with Crippen LogP contribution >= 0.6 is 11.6 Å². The second kappa shape index (κ2) is 10.4. The van der Waals surface area contributed by atoms with E-state index in [9.17, 15) is 13.2 Å². The van der Waals surface area contributed by atoms with Crippen molar-refractivity contribution in [2.24, 2.45) is 0 Å². The zero-order valence-corrected chi connectivity index (χ0v) is 19.4. The number of benzene rings is 3. The van der Waals surface area contributed by atoms with Crippen molar-refractivity contribution in [1.82, 2.24) is 4.31 Å². The Kier molecular flexibility index (Phi) is 7.29. The van der Waals surface area contributed by atoms with Crippen LogP contribution < -0.4 is 10.6 Å². The number of halogens is 1. The van der Waals surface area contributed by atoms with Crippen LogP contribution in [0.4, 0.5) is 11.4 Å². The minimum absolute atomic E-state index is 0.0119. The fraction of sp³-hybridized carbons (Fsp3) is 0.208. The average molecular weight is 486 g/mol. The topological polar surface area (TPSA) is 87.7 Å². The monoisotopic (exact) mass is 485 g/mol. The minimum Gasteiger partial charge on any atom is -0.379 e. The van der Waals surface area contributed by atoms with Crippen molar-refractivity contribution >= 4 is 38.9 Å². The molecule has 0 radical (unpaired) electrons. The number of nitrogens with zero attached hydrogens (tertiary/aromatic N) is 1. The number of carbonyl (C=O) groups is 1. The Morgan fingerprint density at radius 2 is 1.67 bits per heavy atom. The molecule has 3 aromatic rings. The number of hydrogen-bond acceptors (Lipinski definition) is 5. The smallest absolute Gasteiger partial charge is 0.244 e. The van der Waals surface area contributed by atoms with Gasteiger partial charge in [0.15, 0.2) is 0 Å². The van der Waals surface area contributed by atoms with Crippen molar-refractivity contribution in [1.29, 1.82) is 0 Å². The molecular formula is C24H24ClN3O4S. The quantitative estimate of drug-likeness (QED) is 0.526. The maximum absolute atomic E-state index is 13.0. The summed E-state index contributed by atoms with van der Waals surface area (Å²) in [6.45, 7) is 1.21. The zero-order chi connectivity index (χ0) is 23.3. The van der Waals surface area contributed by atoms with Gasteiger partial charge in [-0.05, 0) is 29.8 Å². The second-order valence-corrected chi connectivity index (χ2v) is 9.79. The highest BCUT2D eigenvalue weighted by Crippen LogP contribution is 2.29. The van der Waals surface area contributed by atoms with E-state index in [4.69, 9.17) is 16.3 Å². The van der Waals surface area contributed by atoms with Crippen LogP contribution in [-0.2, 0) is 19.6 Å². The van der Waals surface area contributed by atoms with Crippen LogP contribution in [0.3, 0.4) is 0 Å². The summed E-state index contributed by atoms with van der Waals surface area (Å²) < 4.78 is 32.6. The molecule has 33 heavy (non-hydrogen) atoms. The number of sulfonamides is 1. The molecule has 0 unspecified atom stereocenters. The number of nitrogens with one attached hydrogen (secondary N) is 2. The highest BCUT2D eigenvalue weighted by atomic mass is 35.5. The van der Waals surface area contributed by atoms with Crippen molar-refractivity contribution < 1.29 is 17.9 Å². The van der Waals surface area contributed by atoms with Gasteiger partial charge in [0.25, 0.3) is 0 Å². The number of anilines is 2. The van der Waals surface area contributed by atoms with Crippen molar-refractivity contribution in [3.05, 3.63) is 77.8 Å². The normalized spacial score (nSPS) is 14.6. The molecule has 2 N–H and O–H groups in total. The van der Waals surface area contributed by atoms with Gasteiger partial charge in [-0.25, -0.2) is 8.42 Å². The Morgan fingerprint density at radius 1 is 0.970 bits per heavy atom. The lowest BCUT2D eigenvalue weighted by Gasteiger charge is -2.26.